The summed E-state index contributed by atoms with van der Waals surface area (Å²) in [7, 11) is 0. The quantitative estimate of drug-likeness (QED) is 0.906. The number of allylic oxidation sites excluding steroid dienone is 1. The SMILES string of the molecule is CC1=Cc2cc(F)ccc2C1CC(=O)NCc1ccccc1. The molecule has 1 aliphatic rings. The highest BCUT2D eigenvalue weighted by atomic mass is 19.1. The molecule has 0 spiro atoms. The summed E-state index contributed by atoms with van der Waals surface area (Å²) in [6.07, 6.45) is 2.36. The van der Waals surface area contributed by atoms with E-state index in [9.17, 15) is 9.18 Å². The standard InChI is InChI=1S/C19H18FNO/c1-13-9-15-10-16(20)7-8-17(15)18(13)11-19(22)21-12-14-5-3-2-4-6-14/h2-10,18H,11-12H2,1H3,(H,21,22). The highest BCUT2D eigenvalue weighted by Gasteiger charge is 2.25. The van der Waals surface area contributed by atoms with Gasteiger partial charge in [-0.25, -0.2) is 4.39 Å². The van der Waals surface area contributed by atoms with Gasteiger partial charge in [-0.15, -0.1) is 0 Å². The second-order valence-corrected chi connectivity index (χ2v) is 5.68. The summed E-state index contributed by atoms with van der Waals surface area (Å²) in [5.74, 6) is -0.179. The van der Waals surface area contributed by atoms with Crippen LogP contribution in [-0.4, -0.2) is 5.91 Å². The van der Waals surface area contributed by atoms with E-state index in [1.54, 1.807) is 6.07 Å². The molecule has 2 aromatic rings. The van der Waals surface area contributed by atoms with Crippen molar-refractivity contribution in [1.29, 1.82) is 0 Å². The molecule has 0 aliphatic heterocycles. The van der Waals surface area contributed by atoms with Crippen LogP contribution < -0.4 is 5.32 Å². The minimum Gasteiger partial charge on any atom is -0.352 e. The molecule has 112 valence electrons. The van der Waals surface area contributed by atoms with Gasteiger partial charge in [0.05, 0.1) is 0 Å². The van der Waals surface area contributed by atoms with Crippen molar-refractivity contribution in [2.75, 3.05) is 0 Å². The molecule has 1 N–H and O–H groups in total. The van der Waals surface area contributed by atoms with Gasteiger partial charge in [0.25, 0.3) is 0 Å². The predicted molar refractivity (Wildman–Crippen MR) is 85.7 cm³/mol. The van der Waals surface area contributed by atoms with Crippen molar-refractivity contribution < 1.29 is 9.18 Å². The molecule has 2 nitrogen and oxygen atoms in total. The van der Waals surface area contributed by atoms with E-state index < -0.39 is 0 Å². The first-order chi connectivity index (χ1) is 10.6. The van der Waals surface area contributed by atoms with Crippen LogP contribution in [0.1, 0.15) is 36.0 Å². The molecule has 0 heterocycles. The fourth-order valence-corrected chi connectivity index (χ4v) is 2.90. The summed E-state index contributed by atoms with van der Waals surface area (Å²) in [4.78, 5) is 12.2. The summed E-state index contributed by atoms with van der Waals surface area (Å²) in [6, 6.07) is 14.6. The van der Waals surface area contributed by atoms with Crippen LogP contribution in [0.2, 0.25) is 0 Å². The zero-order valence-electron chi connectivity index (χ0n) is 12.5. The van der Waals surface area contributed by atoms with E-state index in [0.29, 0.717) is 13.0 Å². The van der Waals surface area contributed by atoms with Crippen LogP contribution in [0.5, 0.6) is 0 Å². The van der Waals surface area contributed by atoms with Gasteiger partial charge < -0.3 is 5.32 Å². The number of hydrogen-bond acceptors (Lipinski definition) is 1. The highest BCUT2D eigenvalue weighted by molar-refractivity contribution is 5.79. The van der Waals surface area contributed by atoms with Gasteiger partial charge in [0.2, 0.25) is 5.91 Å². The molecule has 0 saturated carbocycles. The minimum atomic E-state index is -0.239. The molecule has 0 bridgehead atoms. The van der Waals surface area contributed by atoms with Crippen LogP contribution in [0.4, 0.5) is 4.39 Å². The summed E-state index contributed by atoms with van der Waals surface area (Å²) in [5.41, 5.74) is 4.11. The van der Waals surface area contributed by atoms with Crippen LogP contribution in [-0.2, 0) is 11.3 Å². The predicted octanol–water partition coefficient (Wildman–Crippen LogP) is 4.03. The minimum absolute atomic E-state index is 0.0128. The molecular weight excluding hydrogens is 277 g/mol. The third-order valence-electron chi connectivity index (χ3n) is 4.08. The van der Waals surface area contributed by atoms with E-state index in [1.165, 1.54) is 12.1 Å². The molecule has 1 atom stereocenters. The first-order valence-corrected chi connectivity index (χ1v) is 7.42. The fourth-order valence-electron chi connectivity index (χ4n) is 2.90. The summed E-state index contributed by atoms with van der Waals surface area (Å²) in [6.45, 7) is 2.53. The van der Waals surface area contributed by atoms with Gasteiger partial charge in [-0.1, -0.05) is 48.0 Å². The number of hydrogen-bond donors (Lipinski definition) is 1. The summed E-state index contributed by atoms with van der Waals surface area (Å²) in [5, 5.41) is 2.95. The molecule has 1 amide bonds. The van der Waals surface area contributed by atoms with Gasteiger partial charge in [0, 0.05) is 18.9 Å². The Labute approximate surface area is 129 Å². The number of fused-ring (bicyclic) bond motifs is 1. The third kappa shape index (κ3) is 3.08. The Morgan fingerprint density at radius 2 is 1.95 bits per heavy atom. The topological polar surface area (TPSA) is 29.1 Å². The van der Waals surface area contributed by atoms with Gasteiger partial charge >= 0.3 is 0 Å². The van der Waals surface area contributed by atoms with E-state index in [2.05, 4.69) is 5.32 Å². The maximum atomic E-state index is 13.3. The van der Waals surface area contributed by atoms with Crippen molar-refractivity contribution in [3.63, 3.8) is 0 Å². The molecule has 3 rings (SSSR count). The molecule has 3 heteroatoms. The average Bonchev–Trinajstić information content (AvgIpc) is 2.81. The molecule has 0 fully saturated rings. The monoisotopic (exact) mass is 295 g/mol. The lowest BCUT2D eigenvalue weighted by molar-refractivity contribution is -0.121. The molecule has 22 heavy (non-hydrogen) atoms. The Bertz CT molecular complexity index is 721. The Morgan fingerprint density at radius 3 is 2.73 bits per heavy atom. The molecular formula is C19H18FNO. The van der Waals surface area contributed by atoms with Crippen LogP contribution >= 0.6 is 0 Å². The van der Waals surface area contributed by atoms with Gasteiger partial charge in [0.15, 0.2) is 0 Å². The Balaban J connectivity index is 1.64. The fraction of sp³-hybridized carbons (Fsp3) is 0.211. The lowest BCUT2D eigenvalue weighted by atomic mass is 9.93. The lowest BCUT2D eigenvalue weighted by Gasteiger charge is -2.14. The molecule has 0 radical (unpaired) electrons. The van der Waals surface area contributed by atoms with E-state index in [0.717, 1.165) is 22.3 Å². The number of nitrogens with one attached hydrogen (secondary N) is 1. The Hall–Kier alpha value is -2.42. The number of amides is 1. The van der Waals surface area contributed by atoms with Gasteiger partial charge in [-0.2, -0.15) is 0 Å². The van der Waals surface area contributed by atoms with E-state index >= 15 is 0 Å². The summed E-state index contributed by atoms with van der Waals surface area (Å²) >= 11 is 0. The van der Waals surface area contributed by atoms with Crippen molar-refractivity contribution >= 4 is 12.0 Å². The van der Waals surface area contributed by atoms with Crippen molar-refractivity contribution in [2.45, 2.75) is 25.8 Å². The molecule has 2 aromatic carbocycles. The zero-order valence-corrected chi connectivity index (χ0v) is 12.5. The van der Waals surface area contributed by atoms with Crippen LogP contribution in [0.15, 0.2) is 54.1 Å². The highest BCUT2D eigenvalue weighted by Crippen LogP contribution is 2.38. The number of carbonyl (C=O) groups excluding carboxylic acids is 1. The zero-order chi connectivity index (χ0) is 15.5. The smallest absolute Gasteiger partial charge is 0.221 e. The van der Waals surface area contributed by atoms with Crippen molar-refractivity contribution in [1.82, 2.24) is 5.32 Å². The molecule has 1 aliphatic carbocycles. The molecule has 0 aromatic heterocycles. The average molecular weight is 295 g/mol. The van der Waals surface area contributed by atoms with Gasteiger partial charge in [-0.05, 0) is 35.7 Å². The second-order valence-electron chi connectivity index (χ2n) is 5.68. The number of benzene rings is 2. The Morgan fingerprint density at radius 1 is 1.18 bits per heavy atom. The van der Waals surface area contributed by atoms with Crippen LogP contribution in [0.3, 0.4) is 0 Å². The maximum Gasteiger partial charge on any atom is 0.221 e. The second kappa shape index (κ2) is 6.14. The lowest BCUT2D eigenvalue weighted by Crippen LogP contribution is -2.24. The third-order valence-corrected chi connectivity index (χ3v) is 4.08. The number of rotatable bonds is 4. The van der Waals surface area contributed by atoms with Crippen LogP contribution in [0, 0.1) is 5.82 Å². The van der Waals surface area contributed by atoms with E-state index in [-0.39, 0.29) is 17.6 Å². The summed E-state index contributed by atoms with van der Waals surface area (Å²) < 4.78 is 13.3. The van der Waals surface area contributed by atoms with E-state index in [4.69, 9.17) is 0 Å². The number of carbonyl (C=O) groups is 1. The number of halogens is 1. The first kappa shape index (κ1) is 14.5. The molecule has 0 saturated heterocycles. The first-order valence-electron chi connectivity index (χ1n) is 7.42. The van der Waals surface area contributed by atoms with Gasteiger partial charge in [0.1, 0.15) is 5.82 Å². The van der Waals surface area contributed by atoms with Crippen molar-refractivity contribution in [3.05, 3.63) is 76.6 Å². The normalized spacial score (nSPS) is 16.1. The van der Waals surface area contributed by atoms with Crippen LogP contribution in [0.25, 0.3) is 6.08 Å². The molecule has 1 unspecified atom stereocenters. The Kier molecular flexibility index (Phi) is 4.05. The van der Waals surface area contributed by atoms with E-state index in [1.807, 2.05) is 43.3 Å². The van der Waals surface area contributed by atoms with Gasteiger partial charge in [-0.3, -0.25) is 4.79 Å². The largest absolute Gasteiger partial charge is 0.352 e. The maximum absolute atomic E-state index is 13.3. The van der Waals surface area contributed by atoms with Crippen molar-refractivity contribution in [2.24, 2.45) is 0 Å². The van der Waals surface area contributed by atoms with Crippen molar-refractivity contribution in [3.8, 4) is 0 Å².